The molecule has 0 aromatic heterocycles. The number of nitrogens with zero attached hydrogens (tertiary/aromatic N) is 1. The van der Waals surface area contributed by atoms with Crippen LogP contribution in [-0.4, -0.2) is 38.5 Å². The largest absolute Gasteiger partial charge is 0.406 e. The summed E-state index contributed by atoms with van der Waals surface area (Å²) in [5, 5.41) is 0. The summed E-state index contributed by atoms with van der Waals surface area (Å²) >= 11 is 0. The van der Waals surface area contributed by atoms with Crippen molar-refractivity contribution in [2.75, 3.05) is 17.8 Å². The zero-order valence-corrected chi connectivity index (χ0v) is 23.2. The van der Waals surface area contributed by atoms with Crippen LogP contribution in [0.5, 0.6) is 0 Å². The number of halogens is 3. The molecule has 5 rings (SSSR count). The third-order valence-electron chi connectivity index (χ3n) is 7.17. The van der Waals surface area contributed by atoms with Crippen LogP contribution in [0.25, 0.3) is 22.3 Å². The van der Waals surface area contributed by atoms with Crippen LogP contribution in [0, 0.1) is 0 Å². The Morgan fingerprint density at radius 2 is 1.46 bits per heavy atom. The van der Waals surface area contributed by atoms with E-state index in [0.717, 1.165) is 16.0 Å². The molecule has 0 heterocycles. The molecule has 9 heteroatoms. The number of sulfonamides is 1. The van der Waals surface area contributed by atoms with Gasteiger partial charge in [0, 0.05) is 12.2 Å². The summed E-state index contributed by atoms with van der Waals surface area (Å²) in [6.07, 6.45) is -3.40. The number of amides is 1. The van der Waals surface area contributed by atoms with Gasteiger partial charge in [-0.05, 0) is 64.1 Å². The average molecular weight is 579 g/mol. The second-order valence-electron chi connectivity index (χ2n) is 10.0. The highest BCUT2D eigenvalue weighted by molar-refractivity contribution is 7.92. The van der Waals surface area contributed by atoms with Crippen molar-refractivity contribution in [3.05, 3.63) is 108 Å². The molecule has 0 saturated heterocycles. The Balaban J connectivity index is 1.53. The van der Waals surface area contributed by atoms with Crippen LogP contribution in [0.4, 0.5) is 18.9 Å². The Morgan fingerprint density at radius 1 is 0.829 bits per heavy atom. The molecule has 1 atom stereocenters. The molecule has 1 unspecified atom stereocenters. The molecule has 0 radical (unpaired) electrons. The highest BCUT2D eigenvalue weighted by Crippen LogP contribution is 2.49. The van der Waals surface area contributed by atoms with Gasteiger partial charge in [0.25, 0.3) is 10.0 Å². The van der Waals surface area contributed by atoms with Crippen LogP contribution < -0.4 is 4.72 Å². The maximum absolute atomic E-state index is 13.9. The third kappa shape index (κ3) is 6.00. The number of carbonyl (C=O) groups is 1. The molecule has 0 saturated carbocycles. The normalized spacial score (nSPS) is 14.3. The van der Waals surface area contributed by atoms with Gasteiger partial charge >= 0.3 is 6.18 Å². The van der Waals surface area contributed by atoms with Crippen molar-refractivity contribution in [1.82, 2.24) is 4.90 Å². The van der Waals surface area contributed by atoms with E-state index in [1.165, 1.54) is 12.1 Å². The van der Waals surface area contributed by atoms with E-state index in [1.807, 2.05) is 37.3 Å². The first-order chi connectivity index (χ1) is 19.6. The SMILES string of the molecule is CCCCN(CC(F)(F)F)C(=O)C1c2ccccc2-c2cccc(-c3ccc(NS(=O)(=O)c4ccccc4)cc3)c21. The predicted octanol–water partition coefficient (Wildman–Crippen LogP) is 7.46. The van der Waals surface area contributed by atoms with Crippen molar-refractivity contribution in [3.63, 3.8) is 0 Å². The van der Waals surface area contributed by atoms with Crippen LogP contribution in [0.3, 0.4) is 0 Å². The van der Waals surface area contributed by atoms with E-state index >= 15 is 0 Å². The first-order valence-electron chi connectivity index (χ1n) is 13.3. The molecule has 0 fully saturated rings. The highest BCUT2D eigenvalue weighted by atomic mass is 32.2. The first-order valence-corrected chi connectivity index (χ1v) is 14.8. The van der Waals surface area contributed by atoms with Crippen LogP contribution in [-0.2, 0) is 14.8 Å². The van der Waals surface area contributed by atoms with Gasteiger partial charge in [0.1, 0.15) is 6.54 Å². The molecular weight excluding hydrogens is 549 g/mol. The van der Waals surface area contributed by atoms with Crippen molar-refractivity contribution in [1.29, 1.82) is 0 Å². The second-order valence-corrected chi connectivity index (χ2v) is 11.7. The van der Waals surface area contributed by atoms with Gasteiger partial charge in [-0.2, -0.15) is 13.2 Å². The van der Waals surface area contributed by atoms with Crippen LogP contribution in [0.1, 0.15) is 36.8 Å². The number of alkyl halides is 3. The van der Waals surface area contributed by atoms with Gasteiger partial charge in [-0.25, -0.2) is 8.42 Å². The number of hydrogen-bond donors (Lipinski definition) is 1. The Labute approximate surface area is 237 Å². The first kappa shape index (κ1) is 28.4. The highest BCUT2D eigenvalue weighted by Gasteiger charge is 2.41. The molecule has 1 amide bonds. The lowest BCUT2D eigenvalue weighted by Gasteiger charge is -2.28. The molecule has 1 aliphatic carbocycles. The molecule has 0 spiro atoms. The van der Waals surface area contributed by atoms with Crippen molar-refractivity contribution < 1.29 is 26.4 Å². The van der Waals surface area contributed by atoms with Crippen molar-refractivity contribution >= 4 is 21.6 Å². The van der Waals surface area contributed by atoms with Crippen LogP contribution in [0.15, 0.2) is 102 Å². The zero-order chi connectivity index (χ0) is 29.2. The number of anilines is 1. The molecule has 212 valence electrons. The fourth-order valence-electron chi connectivity index (χ4n) is 5.32. The molecule has 4 aromatic rings. The topological polar surface area (TPSA) is 66.5 Å². The number of hydrogen-bond acceptors (Lipinski definition) is 3. The second kappa shape index (κ2) is 11.4. The van der Waals surface area contributed by atoms with E-state index in [-0.39, 0.29) is 11.4 Å². The molecule has 0 bridgehead atoms. The van der Waals surface area contributed by atoms with E-state index in [4.69, 9.17) is 0 Å². The third-order valence-corrected chi connectivity index (χ3v) is 8.57. The van der Waals surface area contributed by atoms with Gasteiger partial charge in [-0.3, -0.25) is 9.52 Å². The van der Waals surface area contributed by atoms with E-state index in [1.54, 1.807) is 54.6 Å². The number of nitrogens with one attached hydrogen (secondary N) is 1. The lowest BCUT2D eigenvalue weighted by Crippen LogP contribution is -2.42. The van der Waals surface area contributed by atoms with Gasteiger partial charge in [0.15, 0.2) is 0 Å². The Bertz CT molecular complexity index is 1650. The Morgan fingerprint density at radius 3 is 2.15 bits per heavy atom. The molecule has 41 heavy (non-hydrogen) atoms. The van der Waals surface area contributed by atoms with Crippen molar-refractivity contribution in [2.24, 2.45) is 0 Å². The number of rotatable bonds is 9. The summed E-state index contributed by atoms with van der Waals surface area (Å²) in [7, 11) is -3.78. The summed E-state index contributed by atoms with van der Waals surface area (Å²) in [5.74, 6) is -1.48. The zero-order valence-electron chi connectivity index (χ0n) is 22.4. The molecule has 1 N–H and O–H groups in total. The minimum Gasteiger partial charge on any atom is -0.333 e. The quantitative estimate of drug-likeness (QED) is 0.224. The van der Waals surface area contributed by atoms with E-state index in [2.05, 4.69) is 4.72 Å². The van der Waals surface area contributed by atoms with E-state index in [9.17, 15) is 26.4 Å². The van der Waals surface area contributed by atoms with Gasteiger partial charge in [0.2, 0.25) is 5.91 Å². The Kier molecular flexibility index (Phi) is 7.91. The number of carbonyl (C=O) groups excluding carboxylic acids is 1. The molecule has 1 aliphatic rings. The lowest BCUT2D eigenvalue weighted by molar-refractivity contribution is -0.161. The molecule has 0 aliphatic heterocycles. The maximum atomic E-state index is 13.9. The number of benzene rings is 4. The average Bonchev–Trinajstić information content (AvgIpc) is 3.30. The van der Waals surface area contributed by atoms with Crippen molar-refractivity contribution in [3.8, 4) is 22.3 Å². The standard InChI is InChI=1S/C32H29F3N2O3S/c1-2-3-20-37(21-32(33,34)35)31(38)30-28-13-8-7-12-26(28)27-15-9-14-25(29(27)30)22-16-18-23(19-17-22)36-41(39,40)24-10-5-4-6-11-24/h4-19,30,36H,2-3,20-21H2,1H3. The Hall–Kier alpha value is -4.11. The van der Waals surface area contributed by atoms with Gasteiger partial charge in [-0.1, -0.05) is 86.1 Å². The molecular formula is C32H29F3N2O3S. The predicted molar refractivity (Wildman–Crippen MR) is 154 cm³/mol. The summed E-state index contributed by atoms with van der Waals surface area (Å²) in [6, 6.07) is 27.7. The monoisotopic (exact) mass is 578 g/mol. The molecule has 4 aromatic carbocycles. The molecule has 5 nitrogen and oxygen atoms in total. The maximum Gasteiger partial charge on any atom is 0.406 e. The minimum absolute atomic E-state index is 0.0151. The fourth-order valence-corrected chi connectivity index (χ4v) is 6.40. The summed E-state index contributed by atoms with van der Waals surface area (Å²) < 4.78 is 68.7. The van der Waals surface area contributed by atoms with Crippen molar-refractivity contribution in [2.45, 2.75) is 36.8 Å². The number of unbranched alkanes of at least 4 members (excludes halogenated alkanes) is 1. The van der Waals surface area contributed by atoms with Crippen LogP contribution >= 0.6 is 0 Å². The fraction of sp³-hybridized carbons (Fsp3) is 0.219. The summed E-state index contributed by atoms with van der Waals surface area (Å²) in [6.45, 7) is 0.581. The smallest absolute Gasteiger partial charge is 0.333 e. The van der Waals surface area contributed by atoms with E-state index < -0.39 is 34.6 Å². The van der Waals surface area contributed by atoms with Gasteiger partial charge in [-0.15, -0.1) is 0 Å². The van der Waals surface area contributed by atoms with E-state index in [0.29, 0.717) is 40.8 Å². The minimum atomic E-state index is -4.52. The van der Waals surface area contributed by atoms with Gasteiger partial charge < -0.3 is 4.90 Å². The number of fused-ring (bicyclic) bond motifs is 3. The lowest BCUT2D eigenvalue weighted by atomic mass is 9.88. The van der Waals surface area contributed by atoms with Crippen LogP contribution in [0.2, 0.25) is 0 Å². The van der Waals surface area contributed by atoms with Gasteiger partial charge in [0.05, 0.1) is 10.8 Å². The summed E-state index contributed by atoms with van der Waals surface area (Å²) in [4.78, 5) is 15.0. The summed E-state index contributed by atoms with van der Waals surface area (Å²) in [5.41, 5.74) is 4.72.